The summed E-state index contributed by atoms with van der Waals surface area (Å²) in [5.74, 6) is -0.144. The molecule has 3 rings (SSSR count). The Morgan fingerprint density at radius 2 is 1.81 bits per heavy atom. The summed E-state index contributed by atoms with van der Waals surface area (Å²) in [4.78, 5) is 22.5. The van der Waals surface area contributed by atoms with Gasteiger partial charge >= 0.3 is 0 Å². The highest BCUT2D eigenvalue weighted by atomic mass is 35.5. The fraction of sp³-hybridized carbons (Fsp3) is 0.105. The molecule has 1 aromatic carbocycles. The highest BCUT2D eigenvalue weighted by Gasteiger charge is 2.16. The van der Waals surface area contributed by atoms with Gasteiger partial charge in [-0.15, -0.1) is 0 Å². The summed E-state index contributed by atoms with van der Waals surface area (Å²) in [6.45, 7) is 0. The van der Waals surface area contributed by atoms with Gasteiger partial charge in [-0.3, -0.25) is 9.78 Å². The van der Waals surface area contributed by atoms with Gasteiger partial charge in [0.1, 0.15) is 17.0 Å². The van der Waals surface area contributed by atoms with Crippen LogP contribution in [0.4, 0.5) is 5.69 Å². The summed E-state index contributed by atoms with van der Waals surface area (Å²) < 4.78 is 15.4. The molecule has 0 bridgehead atoms. The lowest BCUT2D eigenvalue weighted by molar-refractivity contribution is 0.0827. The third kappa shape index (κ3) is 4.57. The van der Waals surface area contributed by atoms with Crippen molar-refractivity contribution < 1.29 is 9.35 Å². The van der Waals surface area contributed by atoms with Gasteiger partial charge in [-0.05, 0) is 24.3 Å². The molecule has 0 radical (unpaired) electrons. The average molecular weight is 401 g/mol. The van der Waals surface area contributed by atoms with Crippen molar-refractivity contribution in [1.82, 2.24) is 14.9 Å². The van der Waals surface area contributed by atoms with Crippen molar-refractivity contribution in [3.05, 3.63) is 71.8 Å². The van der Waals surface area contributed by atoms with Crippen LogP contribution in [0.2, 0.25) is 5.15 Å². The number of pyridine rings is 2. The van der Waals surface area contributed by atoms with Gasteiger partial charge in [0.15, 0.2) is 10.0 Å². The highest BCUT2D eigenvalue weighted by molar-refractivity contribution is 7.92. The van der Waals surface area contributed by atoms with E-state index in [-0.39, 0.29) is 11.1 Å². The van der Waals surface area contributed by atoms with Crippen LogP contribution in [0.3, 0.4) is 0 Å². The molecule has 2 heterocycles. The molecule has 1 N–H and O–H groups in total. The molecular weight excluding hydrogens is 384 g/mol. The minimum atomic E-state index is -1.48. The molecule has 0 fully saturated rings. The lowest BCUT2D eigenvalue weighted by atomic mass is 10.1. The second kappa shape index (κ2) is 8.39. The number of nitrogens with one attached hydrogen (secondary N) is 1. The zero-order chi connectivity index (χ0) is 19.4. The molecule has 0 aliphatic carbocycles. The quantitative estimate of drug-likeness (QED) is 0.522. The first-order valence-electron chi connectivity index (χ1n) is 8.02. The van der Waals surface area contributed by atoms with Gasteiger partial charge in [-0.1, -0.05) is 29.8 Å². The number of carbonyl (C=O) groups is 1. The van der Waals surface area contributed by atoms with Gasteiger partial charge < -0.3 is 9.45 Å². The normalized spacial score (nSPS) is 11.7. The summed E-state index contributed by atoms with van der Waals surface area (Å²) in [5, 5.41) is 0.205. The van der Waals surface area contributed by atoms with E-state index in [4.69, 9.17) is 11.6 Å². The SMILES string of the molecule is CN(C)C(=O)c1cncc(-c2cnc(Cl)c(N[S+]([O-])c3ccccc3)c2)c1. The summed E-state index contributed by atoms with van der Waals surface area (Å²) in [7, 11) is 3.36. The Kier molecular flexibility index (Phi) is 5.95. The average Bonchev–Trinajstić information content (AvgIpc) is 2.69. The monoisotopic (exact) mass is 400 g/mol. The van der Waals surface area contributed by atoms with Crippen molar-refractivity contribution in [3.8, 4) is 11.1 Å². The number of anilines is 1. The molecule has 27 heavy (non-hydrogen) atoms. The Morgan fingerprint density at radius 3 is 2.52 bits per heavy atom. The van der Waals surface area contributed by atoms with Gasteiger partial charge in [0.05, 0.1) is 5.56 Å². The van der Waals surface area contributed by atoms with Gasteiger partial charge in [0, 0.05) is 43.8 Å². The standard InChI is InChI=1S/C19H17ClN4O2S/c1-24(2)19(25)15-8-13(10-21-11-15)14-9-17(18(20)22-12-14)23-27(26)16-6-4-3-5-7-16/h3-12,23H,1-2H3. The van der Waals surface area contributed by atoms with Crippen molar-refractivity contribution in [1.29, 1.82) is 0 Å². The van der Waals surface area contributed by atoms with Gasteiger partial charge in [0.25, 0.3) is 5.91 Å². The van der Waals surface area contributed by atoms with E-state index in [1.54, 1.807) is 50.8 Å². The summed E-state index contributed by atoms with van der Waals surface area (Å²) in [6, 6.07) is 12.5. The minimum Gasteiger partial charge on any atom is -0.588 e. The Bertz CT molecular complexity index is 953. The zero-order valence-corrected chi connectivity index (χ0v) is 16.3. The van der Waals surface area contributed by atoms with Gasteiger partial charge in [-0.2, -0.15) is 0 Å². The highest BCUT2D eigenvalue weighted by Crippen LogP contribution is 2.28. The largest absolute Gasteiger partial charge is 0.588 e. The smallest absolute Gasteiger partial charge is 0.254 e. The summed E-state index contributed by atoms with van der Waals surface area (Å²) in [5.41, 5.74) is 2.31. The van der Waals surface area contributed by atoms with Crippen molar-refractivity contribution in [2.45, 2.75) is 4.90 Å². The molecule has 6 nitrogen and oxygen atoms in total. The summed E-state index contributed by atoms with van der Waals surface area (Å²) in [6.07, 6.45) is 4.73. The van der Waals surface area contributed by atoms with E-state index in [0.29, 0.717) is 27.3 Å². The maximum atomic E-state index is 12.5. The maximum Gasteiger partial charge on any atom is 0.254 e. The molecule has 2 aromatic heterocycles. The van der Waals surface area contributed by atoms with E-state index in [9.17, 15) is 9.35 Å². The predicted molar refractivity (Wildman–Crippen MR) is 107 cm³/mol. The van der Waals surface area contributed by atoms with E-state index in [1.165, 1.54) is 11.1 Å². The molecule has 3 aromatic rings. The number of halogens is 1. The predicted octanol–water partition coefficient (Wildman–Crippen LogP) is 3.63. The molecule has 0 spiro atoms. The fourth-order valence-electron chi connectivity index (χ4n) is 2.35. The third-order valence-electron chi connectivity index (χ3n) is 3.72. The lowest BCUT2D eigenvalue weighted by Gasteiger charge is -2.14. The van der Waals surface area contributed by atoms with Crippen molar-refractivity contribution in [2.24, 2.45) is 0 Å². The van der Waals surface area contributed by atoms with Gasteiger partial charge in [-0.25, -0.2) is 9.71 Å². The molecule has 0 aliphatic rings. The molecule has 1 atom stereocenters. The van der Waals surface area contributed by atoms with Crippen LogP contribution in [0.1, 0.15) is 10.4 Å². The van der Waals surface area contributed by atoms with E-state index in [1.807, 2.05) is 18.2 Å². The summed E-state index contributed by atoms with van der Waals surface area (Å²) >= 11 is 4.68. The van der Waals surface area contributed by atoms with Crippen LogP contribution in [-0.4, -0.2) is 39.4 Å². The molecule has 0 saturated carbocycles. The second-order valence-electron chi connectivity index (χ2n) is 5.91. The Labute approximate surface area is 165 Å². The third-order valence-corrected chi connectivity index (χ3v) is 5.13. The number of carbonyl (C=O) groups excluding carboxylic acids is 1. The second-order valence-corrected chi connectivity index (χ2v) is 7.48. The lowest BCUT2D eigenvalue weighted by Crippen LogP contribution is -2.21. The maximum absolute atomic E-state index is 12.5. The van der Waals surface area contributed by atoms with Crippen LogP contribution in [0.25, 0.3) is 11.1 Å². The van der Waals surface area contributed by atoms with Crippen LogP contribution < -0.4 is 4.72 Å². The van der Waals surface area contributed by atoms with Crippen molar-refractivity contribution in [3.63, 3.8) is 0 Å². The number of nitrogens with zero attached hydrogens (tertiary/aromatic N) is 3. The number of rotatable bonds is 5. The number of benzene rings is 1. The first-order chi connectivity index (χ1) is 13.0. The zero-order valence-electron chi connectivity index (χ0n) is 14.7. The molecule has 8 heteroatoms. The molecule has 1 amide bonds. The molecule has 1 unspecified atom stereocenters. The number of aromatic nitrogens is 2. The van der Waals surface area contributed by atoms with E-state index in [2.05, 4.69) is 14.7 Å². The van der Waals surface area contributed by atoms with Crippen molar-refractivity contribution in [2.75, 3.05) is 18.8 Å². The first kappa shape index (κ1) is 19.2. The van der Waals surface area contributed by atoms with Crippen LogP contribution >= 0.6 is 11.6 Å². The Balaban J connectivity index is 1.89. The minimum absolute atomic E-state index is 0.144. The number of amides is 1. The molecule has 138 valence electrons. The molecular formula is C19H17ClN4O2S. The topological polar surface area (TPSA) is 81.2 Å². The first-order valence-corrected chi connectivity index (χ1v) is 9.54. The number of hydrogen-bond acceptors (Lipinski definition) is 5. The van der Waals surface area contributed by atoms with E-state index < -0.39 is 11.4 Å². The molecule has 0 aliphatic heterocycles. The van der Waals surface area contributed by atoms with Crippen LogP contribution in [0, 0.1) is 0 Å². The van der Waals surface area contributed by atoms with E-state index >= 15 is 0 Å². The Morgan fingerprint density at radius 1 is 1.11 bits per heavy atom. The van der Waals surface area contributed by atoms with Crippen LogP contribution in [0.5, 0.6) is 0 Å². The van der Waals surface area contributed by atoms with Crippen LogP contribution in [0.15, 0.2) is 66.0 Å². The van der Waals surface area contributed by atoms with Crippen molar-refractivity contribution >= 4 is 34.6 Å². The van der Waals surface area contributed by atoms with Gasteiger partial charge in [0.2, 0.25) is 0 Å². The Hall–Kier alpha value is -2.61. The van der Waals surface area contributed by atoms with E-state index in [0.717, 1.165) is 0 Å². The number of hydrogen-bond donors (Lipinski definition) is 1. The van der Waals surface area contributed by atoms with Crippen LogP contribution in [-0.2, 0) is 11.4 Å². The molecule has 0 saturated heterocycles. The fourth-order valence-corrected chi connectivity index (χ4v) is 3.44.